The van der Waals surface area contributed by atoms with Crippen LogP contribution in [0.2, 0.25) is 0 Å². The number of carbonyl (C=O) groups is 1. The molecule has 31 heavy (non-hydrogen) atoms. The average molecular weight is 466 g/mol. The second-order valence-corrected chi connectivity index (χ2v) is 10.3. The molecule has 2 heterocycles. The second-order valence-electron chi connectivity index (χ2n) is 7.22. The van der Waals surface area contributed by atoms with Gasteiger partial charge in [-0.1, -0.05) is 36.4 Å². The van der Waals surface area contributed by atoms with E-state index in [2.05, 4.69) is 0 Å². The van der Waals surface area contributed by atoms with E-state index in [1.54, 1.807) is 29.6 Å². The number of fused-ring (bicyclic) bond motifs is 1. The van der Waals surface area contributed by atoms with Crippen LogP contribution in [0.15, 0.2) is 64.2 Å². The third kappa shape index (κ3) is 4.24. The molecule has 9 heteroatoms. The summed E-state index contributed by atoms with van der Waals surface area (Å²) < 4.78 is 67.5. The quantitative estimate of drug-likeness (QED) is 0.479. The standard InChI is InChI=1S/C22H18F3NO3S2/c23-22(24,25)18-7-2-1-6-17(18)20(27)14-15-9-10-16-5-3-11-26(19(16)13-15)31(28,29)21-8-4-12-30-21/h1-2,4,6-10,12-13H,3,5,11,14H2. The first-order chi connectivity index (χ1) is 14.7. The van der Waals surface area contributed by atoms with Crippen LogP contribution < -0.4 is 4.31 Å². The van der Waals surface area contributed by atoms with Gasteiger partial charge in [0.25, 0.3) is 10.0 Å². The second kappa shape index (κ2) is 8.12. The van der Waals surface area contributed by atoms with Crippen LogP contribution in [0.1, 0.15) is 33.5 Å². The van der Waals surface area contributed by atoms with Gasteiger partial charge in [0.1, 0.15) is 4.21 Å². The topological polar surface area (TPSA) is 54.5 Å². The lowest BCUT2D eigenvalue weighted by atomic mass is 9.95. The molecule has 0 unspecified atom stereocenters. The molecule has 0 saturated carbocycles. The summed E-state index contributed by atoms with van der Waals surface area (Å²) in [6, 6.07) is 12.9. The highest BCUT2D eigenvalue weighted by molar-refractivity contribution is 7.94. The Balaban J connectivity index is 1.67. The van der Waals surface area contributed by atoms with Crippen molar-refractivity contribution in [2.24, 2.45) is 0 Å². The van der Waals surface area contributed by atoms with Crippen molar-refractivity contribution >= 4 is 32.8 Å². The van der Waals surface area contributed by atoms with Gasteiger partial charge in [-0.25, -0.2) is 8.42 Å². The number of thiophene rings is 1. The Morgan fingerprint density at radius 2 is 1.84 bits per heavy atom. The molecule has 162 valence electrons. The molecule has 0 bridgehead atoms. The number of sulfonamides is 1. The Bertz CT molecular complexity index is 1220. The molecule has 0 radical (unpaired) electrons. The van der Waals surface area contributed by atoms with Gasteiger partial charge in [-0.15, -0.1) is 11.3 Å². The lowest BCUT2D eigenvalue weighted by Gasteiger charge is -2.30. The van der Waals surface area contributed by atoms with E-state index in [4.69, 9.17) is 0 Å². The van der Waals surface area contributed by atoms with Crippen molar-refractivity contribution in [2.75, 3.05) is 10.8 Å². The molecule has 0 fully saturated rings. The number of benzene rings is 2. The van der Waals surface area contributed by atoms with Gasteiger partial charge in [0, 0.05) is 18.5 Å². The zero-order valence-electron chi connectivity index (χ0n) is 16.2. The summed E-state index contributed by atoms with van der Waals surface area (Å²) >= 11 is 1.12. The van der Waals surface area contributed by atoms with E-state index in [-0.39, 0.29) is 10.6 Å². The van der Waals surface area contributed by atoms with Crippen LogP contribution in [0.25, 0.3) is 0 Å². The predicted octanol–water partition coefficient (Wildman–Crippen LogP) is 5.33. The molecule has 0 aliphatic carbocycles. The number of nitrogens with zero attached hydrogens (tertiary/aromatic N) is 1. The van der Waals surface area contributed by atoms with Crippen molar-refractivity contribution in [3.05, 3.63) is 82.2 Å². The Hall–Kier alpha value is -2.65. The number of rotatable bonds is 5. The number of carbonyl (C=O) groups excluding carboxylic acids is 1. The van der Waals surface area contributed by atoms with E-state index in [9.17, 15) is 26.4 Å². The fraction of sp³-hybridized carbons (Fsp3) is 0.227. The van der Waals surface area contributed by atoms with Gasteiger partial charge in [-0.05, 0) is 47.5 Å². The molecule has 2 aromatic carbocycles. The number of aryl methyl sites for hydroxylation is 1. The highest BCUT2D eigenvalue weighted by atomic mass is 32.2. The van der Waals surface area contributed by atoms with Gasteiger partial charge in [-0.3, -0.25) is 9.10 Å². The molecular formula is C22H18F3NO3S2. The zero-order chi connectivity index (χ0) is 22.2. The van der Waals surface area contributed by atoms with Crippen molar-refractivity contribution in [3.63, 3.8) is 0 Å². The maximum absolute atomic E-state index is 13.3. The lowest BCUT2D eigenvalue weighted by Crippen LogP contribution is -2.35. The SMILES string of the molecule is O=C(Cc1ccc2c(c1)N(S(=O)(=O)c1cccs1)CCC2)c1ccccc1C(F)(F)F. The number of alkyl halides is 3. The number of halogens is 3. The predicted molar refractivity (Wildman–Crippen MR) is 113 cm³/mol. The largest absolute Gasteiger partial charge is 0.417 e. The molecule has 0 amide bonds. The van der Waals surface area contributed by atoms with E-state index in [1.165, 1.54) is 22.5 Å². The summed E-state index contributed by atoms with van der Waals surface area (Å²) in [6.07, 6.45) is -3.53. The van der Waals surface area contributed by atoms with Crippen LogP contribution in [-0.4, -0.2) is 20.7 Å². The minimum absolute atomic E-state index is 0.223. The van der Waals surface area contributed by atoms with Gasteiger partial charge < -0.3 is 0 Å². The molecule has 0 atom stereocenters. The fourth-order valence-corrected chi connectivity index (χ4v) is 6.36. The van der Waals surface area contributed by atoms with Gasteiger partial charge in [0.2, 0.25) is 0 Å². The smallest absolute Gasteiger partial charge is 0.294 e. The molecule has 4 nitrogen and oxygen atoms in total. The van der Waals surface area contributed by atoms with Crippen molar-refractivity contribution in [3.8, 4) is 0 Å². The van der Waals surface area contributed by atoms with Crippen molar-refractivity contribution < 1.29 is 26.4 Å². The highest BCUT2D eigenvalue weighted by Gasteiger charge is 2.35. The molecule has 1 aliphatic rings. The Morgan fingerprint density at radius 1 is 1.06 bits per heavy atom. The lowest BCUT2D eigenvalue weighted by molar-refractivity contribution is -0.137. The van der Waals surface area contributed by atoms with E-state index in [0.717, 1.165) is 29.0 Å². The van der Waals surface area contributed by atoms with Crippen molar-refractivity contribution in [1.82, 2.24) is 0 Å². The molecule has 3 aromatic rings. The van der Waals surface area contributed by atoms with Crippen LogP contribution in [0.3, 0.4) is 0 Å². The summed E-state index contributed by atoms with van der Waals surface area (Å²) in [5.74, 6) is -0.670. The summed E-state index contributed by atoms with van der Waals surface area (Å²) in [5, 5.41) is 1.69. The summed E-state index contributed by atoms with van der Waals surface area (Å²) in [6.45, 7) is 0.307. The zero-order valence-corrected chi connectivity index (χ0v) is 17.9. The highest BCUT2D eigenvalue weighted by Crippen LogP contribution is 2.35. The third-order valence-electron chi connectivity index (χ3n) is 5.16. The van der Waals surface area contributed by atoms with E-state index in [0.29, 0.717) is 30.6 Å². The van der Waals surface area contributed by atoms with Crippen LogP contribution in [0, 0.1) is 0 Å². The van der Waals surface area contributed by atoms with E-state index < -0.39 is 33.1 Å². The summed E-state index contributed by atoms with van der Waals surface area (Å²) in [7, 11) is -3.74. The first-order valence-corrected chi connectivity index (χ1v) is 11.9. The van der Waals surface area contributed by atoms with Crippen LogP contribution >= 0.6 is 11.3 Å². The van der Waals surface area contributed by atoms with Crippen LogP contribution in [0.5, 0.6) is 0 Å². The monoisotopic (exact) mass is 465 g/mol. The Labute approximate surface area is 182 Å². The number of anilines is 1. The van der Waals surface area contributed by atoms with Crippen LogP contribution in [0.4, 0.5) is 18.9 Å². The minimum Gasteiger partial charge on any atom is -0.294 e. The van der Waals surface area contributed by atoms with Gasteiger partial charge >= 0.3 is 6.18 Å². The van der Waals surface area contributed by atoms with Crippen molar-refractivity contribution in [2.45, 2.75) is 29.6 Å². The first-order valence-electron chi connectivity index (χ1n) is 9.55. The first kappa shape index (κ1) is 21.6. The number of hydrogen-bond acceptors (Lipinski definition) is 4. The van der Waals surface area contributed by atoms with E-state index >= 15 is 0 Å². The number of Topliss-reactive ketones (excluding diaryl/α,β-unsaturated/α-hetero) is 1. The third-order valence-corrected chi connectivity index (χ3v) is 8.35. The molecular weight excluding hydrogens is 447 g/mol. The maximum atomic E-state index is 13.3. The van der Waals surface area contributed by atoms with Gasteiger partial charge in [0.05, 0.1) is 11.3 Å². The molecule has 1 aromatic heterocycles. The summed E-state index contributed by atoms with van der Waals surface area (Å²) in [4.78, 5) is 12.7. The van der Waals surface area contributed by atoms with Gasteiger partial charge in [-0.2, -0.15) is 13.2 Å². The number of hydrogen-bond donors (Lipinski definition) is 0. The number of ketones is 1. The maximum Gasteiger partial charge on any atom is 0.417 e. The van der Waals surface area contributed by atoms with Crippen LogP contribution in [-0.2, 0) is 29.0 Å². The molecule has 0 spiro atoms. The molecule has 0 N–H and O–H groups in total. The normalized spacial score (nSPS) is 14.4. The van der Waals surface area contributed by atoms with E-state index in [1.807, 2.05) is 0 Å². The Kier molecular flexibility index (Phi) is 5.65. The molecule has 1 aliphatic heterocycles. The molecule has 0 saturated heterocycles. The summed E-state index contributed by atoms with van der Waals surface area (Å²) in [5.41, 5.74) is 0.414. The fourth-order valence-electron chi connectivity index (χ4n) is 3.72. The average Bonchev–Trinajstić information content (AvgIpc) is 3.28. The minimum atomic E-state index is -4.63. The van der Waals surface area contributed by atoms with Crippen molar-refractivity contribution in [1.29, 1.82) is 0 Å². The molecule has 4 rings (SSSR count). The van der Waals surface area contributed by atoms with Gasteiger partial charge in [0.15, 0.2) is 5.78 Å². The Morgan fingerprint density at radius 3 is 2.55 bits per heavy atom.